The number of halogens is 1. The number of fused-ring (bicyclic) bond motifs is 1. The van der Waals surface area contributed by atoms with Gasteiger partial charge in [-0.1, -0.05) is 11.6 Å². The first-order chi connectivity index (χ1) is 14.4. The van der Waals surface area contributed by atoms with Crippen LogP contribution < -0.4 is 11.1 Å². The molecule has 1 saturated heterocycles. The zero-order chi connectivity index (χ0) is 21.3. The van der Waals surface area contributed by atoms with Crippen molar-refractivity contribution in [3.05, 3.63) is 46.2 Å². The summed E-state index contributed by atoms with van der Waals surface area (Å²) in [5.74, 6) is 0.977. The third kappa shape index (κ3) is 6.76. The van der Waals surface area contributed by atoms with Gasteiger partial charge in [0.05, 0.1) is 17.6 Å². The maximum atomic E-state index is 10.4. The molecule has 192 valence electrons. The van der Waals surface area contributed by atoms with Crippen molar-refractivity contribution in [1.82, 2.24) is 19.4 Å². The molecule has 0 aliphatic carbocycles. The molecule has 0 atom stereocenters. The van der Waals surface area contributed by atoms with E-state index in [0.717, 1.165) is 60.7 Å². The minimum absolute atomic E-state index is 0. The van der Waals surface area contributed by atoms with E-state index in [4.69, 9.17) is 22.3 Å². The van der Waals surface area contributed by atoms with Gasteiger partial charge in [0.1, 0.15) is 11.4 Å². The summed E-state index contributed by atoms with van der Waals surface area (Å²) in [6, 6.07) is 7.68. The van der Waals surface area contributed by atoms with Crippen molar-refractivity contribution in [3.63, 3.8) is 0 Å². The van der Waals surface area contributed by atoms with Gasteiger partial charge in [0.2, 0.25) is 5.95 Å². The number of nitrogens with two attached hydrogens (primary N) is 1. The Balaban J connectivity index is 0.00000272. The number of hydrogen-bond donors (Lipinski definition) is 3. The van der Waals surface area contributed by atoms with Crippen LogP contribution in [0.4, 0.5) is 5.95 Å². The molecule has 2 aromatic heterocycles. The number of likely N-dealkylation sites (tertiary alicyclic amines) is 1. The van der Waals surface area contributed by atoms with E-state index < -0.39 is 0 Å². The molecule has 0 saturated carbocycles. The molecule has 12 heteroatoms. The first-order valence-electron chi connectivity index (χ1n) is 10.5. The summed E-state index contributed by atoms with van der Waals surface area (Å²) >= 11 is 6.29. The summed E-state index contributed by atoms with van der Waals surface area (Å²) in [7, 11) is 0. The highest BCUT2D eigenvalue weighted by Crippen LogP contribution is 2.30. The van der Waals surface area contributed by atoms with Crippen molar-refractivity contribution in [3.8, 4) is 5.75 Å². The summed E-state index contributed by atoms with van der Waals surface area (Å²) in [6.45, 7) is 8.09. The second-order valence-corrected chi connectivity index (χ2v) is 8.52. The maximum absolute atomic E-state index is 10.4. The van der Waals surface area contributed by atoms with Crippen molar-refractivity contribution in [1.29, 1.82) is 0 Å². The number of aryl methyl sites for hydroxylation is 2. The second kappa shape index (κ2) is 13.4. The van der Waals surface area contributed by atoms with Gasteiger partial charge < -0.3 is 47.5 Å². The Labute approximate surface area is 203 Å². The van der Waals surface area contributed by atoms with Crippen molar-refractivity contribution < 1.29 is 27.0 Å². The van der Waals surface area contributed by atoms with Crippen LogP contribution in [0.1, 0.15) is 29.8 Å². The Morgan fingerprint density at radius 2 is 1.76 bits per heavy atom. The van der Waals surface area contributed by atoms with E-state index in [2.05, 4.69) is 19.8 Å². The number of aromatic hydroxyl groups is 1. The molecule has 1 fully saturated rings. The lowest BCUT2D eigenvalue weighted by molar-refractivity contribution is 0.224. The molecule has 1 aliphatic rings. The summed E-state index contributed by atoms with van der Waals surface area (Å²) in [5, 5.41) is 14.7. The monoisotopic (exact) mass is 500 g/mol. The number of aromatic nitrogens is 3. The molecular weight excluding hydrogens is 464 g/mol. The van der Waals surface area contributed by atoms with E-state index in [0.29, 0.717) is 29.8 Å². The van der Waals surface area contributed by atoms with E-state index in [9.17, 15) is 5.11 Å². The lowest BCUT2D eigenvalue weighted by atomic mass is 10.1. The number of benzene rings is 1. The number of imidazole rings is 1. The fourth-order valence-corrected chi connectivity index (χ4v) is 4.50. The van der Waals surface area contributed by atoms with Gasteiger partial charge in [0, 0.05) is 42.9 Å². The van der Waals surface area contributed by atoms with Gasteiger partial charge in [-0.15, -0.1) is 0 Å². The summed E-state index contributed by atoms with van der Waals surface area (Å²) in [5.41, 5.74) is 10.1. The average molecular weight is 501 g/mol. The molecule has 11 nitrogen and oxygen atoms in total. The largest absolute Gasteiger partial charge is 0.506 e. The van der Waals surface area contributed by atoms with Crippen molar-refractivity contribution in [2.24, 2.45) is 5.73 Å². The fraction of sp³-hybridized carbons (Fsp3) is 0.455. The lowest BCUT2D eigenvalue weighted by Crippen LogP contribution is -2.41. The second-order valence-electron chi connectivity index (χ2n) is 8.08. The minimum atomic E-state index is 0. The molecule has 4 rings (SSSR count). The van der Waals surface area contributed by atoms with Crippen LogP contribution in [0.3, 0.4) is 0 Å². The van der Waals surface area contributed by atoms with Gasteiger partial charge in [0.25, 0.3) is 0 Å². The zero-order valence-electron chi connectivity index (χ0n) is 19.5. The Kier molecular flexibility index (Phi) is 12.4. The third-order valence-corrected chi connectivity index (χ3v) is 5.98. The molecule has 0 bridgehead atoms. The Morgan fingerprint density at radius 3 is 2.41 bits per heavy atom. The molecule has 1 aromatic carbocycles. The van der Waals surface area contributed by atoms with Gasteiger partial charge in [-0.3, -0.25) is 4.98 Å². The number of piperidine rings is 1. The molecule has 3 aromatic rings. The predicted molar refractivity (Wildman–Crippen MR) is 136 cm³/mol. The third-order valence-electron chi connectivity index (χ3n) is 5.76. The summed E-state index contributed by atoms with van der Waals surface area (Å²) < 4.78 is 2.11. The number of hydrogen-bond acceptors (Lipinski definition) is 6. The smallest absolute Gasteiger partial charge is 0.204 e. The summed E-state index contributed by atoms with van der Waals surface area (Å²) in [4.78, 5) is 11.8. The first kappa shape index (κ1) is 31.5. The molecule has 12 N–H and O–H groups in total. The Hall–Kier alpha value is -2.51. The van der Waals surface area contributed by atoms with E-state index >= 15 is 0 Å². The quantitative estimate of drug-likeness (QED) is 0.422. The molecule has 3 heterocycles. The molecule has 1 aliphatic heterocycles. The molecular formula is C22H37ClN6O5. The van der Waals surface area contributed by atoms with Crippen LogP contribution in [-0.4, -0.2) is 78.7 Å². The first-order valence-corrected chi connectivity index (χ1v) is 10.8. The Bertz CT molecular complexity index is 1060. The number of nitrogens with one attached hydrogen (secondary N) is 1. The molecule has 0 unspecified atom stereocenters. The Morgan fingerprint density at radius 1 is 1.09 bits per heavy atom. The highest BCUT2D eigenvalue weighted by Gasteiger charge is 2.22. The van der Waals surface area contributed by atoms with Crippen LogP contribution in [0.25, 0.3) is 11.0 Å². The van der Waals surface area contributed by atoms with Gasteiger partial charge in [-0.05, 0) is 56.5 Å². The highest BCUT2D eigenvalue weighted by molar-refractivity contribution is 6.31. The van der Waals surface area contributed by atoms with Gasteiger partial charge >= 0.3 is 0 Å². The van der Waals surface area contributed by atoms with Crippen LogP contribution in [0.5, 0.6) is 5.75 Å². The number of pyridine rings is 1. The standard InChI is InChI=1S/C22H29ClN6O.4H2O/c1-14-11-16(23)12-18-21(14)29(13-19-20(30)4-3-15(2)25-19)22(27-18)26-17-5-8-28(9-6-17)10-7-24;;;;/h3-4,11-12,17,30H,5-10,13,24H2,1-2H3,(H,26,27);4*1H2. The number of anilines is 1. The van der Waals surface area contributed by atoms with Crippen LogP contribution >= 0.6 is 11.6 Å². The van der Waals surface area contributed by atoms with Crippen LogP contribution in [0, 0.1) is 13.8 Å². The van der Waals surface area contributed by atoms with E-state index in [1.54, 1.807) is 6.07 Å². The van der Waals surface area contributed by atoms with Gasteiger partial charge in [0.15, 0.2) is 0 Å². The highest BCUT2D eigenvalue weighted by atomic mass is 35.5. The van der Waals surface area contributed by atoms with E-state index in [1.807, 2.05) is 32.0 Å². The minimum Gasteiger partial charge on any atom is -0.506 e. The van der Waals surface area contributed by atoms with Gasteiger partial charge in [-0.25, -0.2) is 4.98 Å². The van der Waals surface area contributed by atoms with Gasteiger partial charge in [-0.2, -0.15) is 0 Å². The van der Waals surface area contributed by atoms with Crippen molar-refractivity contribution in [2.45, 2.75) is 39.3 Å². The average Bonchev–Trinajstić information content (AvgIpc) is 3.03. The van der Waals surface area contributed by atoms with Crippen LogP contribution in [0.15, 0.2) is 24.3 Å². The fourth-order valence-electron chi connectivity index (χ4n) is 4.23. The number of rotatable bonds is 6. The van der Waals surface area contributed by atoms with Crippen molar-refractivity contribution >= 4 is 28.6 Å². The van der Waals surface area contributed by atoms with Crippen LogP contribution in [-0.2, 0) is 6.54 Å². The molecule has 0 amide bonds. The van der Waals surface area contributed by atoms with E-state index in [1.165, 1.54) is 0 Å². The lowest BCUT2D eigenvalue weighted by Gasteiger charge is -2.32. The SMILES string of the molecule is Cc1ccc(O)c(Cn2c(NC3CCN(CCN)CC3)nc3cc(Cl)cc(C)c32)n1.O.O.O.O. The zero-order valence-corrected chi connectivity index (χ0v) is 20.3. The molecule has 0 spiro atoms. The summed E-state index contributed by atoms with van der Waals surface area (Å²) in [6.07, 6.45) is 2.08. The van der Waals surface area contributed by atoms with E-state index in [-0.39, 0.29) is 27.7 Å². The topological polar surface area (TPSA) is 218 Å². The molecule has 0 radical (unpaired) electrons. The number of nitrogens with zero attached hydrogens (tertiary/aromatic N) is 4. The predicted octanol–water partition coefficient (Wildman–Crippen LogP) is -0.00836. The van der Waals surface area contributed by atoms with Crippen LogP contribution in [0.2, 0.25) is 5.02 Å². The maximum Gasteiger partial charge on any atom is 0.204 e. The van der Waals surface area contributed by atoms with Crippen molar-refractivity contribution in [2.75, 3.05) is 31.5 Å². The normalized spacial score (nSPS) is 13.9. The molecule has 34 heavy (non-hydrogen) atoms.